The number of rotatable bonds is 16. The maximum atomic E-state index is 12.8. The van der Waals surface area contributed by atoms with Crippen LogP contribution in [-0.2, 0) is 39.9 Å². The summed E-state index contributed by atoms with van der Waals surface area (Å²) in [6.45, 7) is 13.0. The van der Waals surface area contributed by atoms with Gasteiger partial charge < -0.3 is 24.7 Å². The first-order valence-electron chi connectivity index (χ1n) is 12.8. The van der Waals surface area contributed by atoms with Crippen molar-refractivity contribution in [1.29, 1.82) is 0 Å². The van der Waals surface area contributed by atoms with Crippen LogP contribution in [0.15, 0.2) is 53.6 Å². The number of ether oxygens (including phenoxy) is 4. The third-order valence-corrected chi connectivity index (χ3v) is 5.21. The van der Waals surface area contributed by atoms with E-state index in [4.69, 9.17) is 43.1 Å². The Kier molecular flexibility index (Phi) is 20.0. The normalized spacial score (nSPS) is 11.6. The fraction of sp³-hybridized carbons (Fsp3) is 0.500. The number of nitrogens with zero attached hydrogens (tertiary/aromatic N) is 1. The molecule has 2 N–H and O–H groups in total. The molecule has 0 fully saturated rings. The van der Waals surface area contributed by atoms with Gasteiger partial charge in [-0.05, 0) is 32.8 Å². The second-order valence-electron chi connectivity index (χ2n) is 8.21. The Bertz CT molecular complexity index is 959. The molecule has 0 aliphatic heterocycles. The van der Waals surface area contributed by atoms with E-state index in [0.29, 0.717) is 18.1 Å². The highest BCUT2D eigenvalue weighted by atomic mass is 35.5. The zero-order chi connectivity index (χ0) is 30.5. The second kappa shape index (κ2) is 21.7. The Labute approximate surface area is 246 Å². The molecule has 1 aromatic rings. The van der Waals surface area contributed by atoms with E-state index in [9.17, 15) is 19.2 Å². The smallest absolute Gasteiger partial charge is 0.410 e. The van der Waals surface area contributed by atoms with Crippen LogP contribution >= 0.6 is 23.2 Å². The van der Waals surface area contributed by atoms with E-state index in [2.05, 4.69) is 17.9 Å². The molecule has 2 unspecified atom stereocenters. The summed E-state index contributed by atoms with van der Waals surface area (Å²) in [5.74, 6) is -1.42. The highest BCUT2D eigenvalue weighted by molar-refractivity contribution is 6.29. The molecule has 224 valence electrons. The van der Waals surface area contributed by atoms with Crippen LogP contribution in [0.2, 0.25) is 0 Å². The van der Waals surface area contributed by atoms with Crippen LogP contribution in [0.4, 0.5) is 4.79 Å². The van der Waals surface area contributed by atoms with Crippen molar-refractivity contribution >= 4 is 47.2 Å². The van der Waals surface area contributed by atoms with Gasteiger partial charge in [0.2, 0.25) is 0 Å². The molecule has 0 spiro atoms. The van der Waals surface area contributed by atoms with Crippen molar-refractivity contribution in [3.8, 4) is 0 Å². The summed E-state index contributed by atoms with van der Waals surface area (Å²) in [4.78, 5) is 48.9. The van der Waals surface area contributed by atoms with Gasteiger partial charge in [0.25, 0.3) is 0 Å². The van der Waals surface area contributed by atoms with Gasteiger partial charge in [0.15, 0.2) is 0 Å². The minimum Gasteiger partial charge on any atom is -0.466 e. The van der Waals surface area contributed by atoms with E-state index in [1.807, 2.05) is 30.3 Å². The van der Waals surface area contributed by atoms with Crippen molar-refractivity contribution in [3.05, 3.63) is 59.1 Å². The van der Waals surface area contributed by atoms with Gasteiger partial charge in [-0.1, -0.05) is 66.7 Å². The fourth-order valence-electron chi connectivity index (χ4n) is 3.14. The van der Waals surface area contributed by atoms with E-state index in [1.54, 1.807) is 20.8 Å². The van der Waals surface area contributed by atoms with Crippen molar-refractivity contribution < 1.29 is 38.1 Å². The quantitative estimate of drug-likeness (QED) is 0.203. The minimum atomic E-state index is -0.995. The van der Waals surface area contributed by atoms with Gasteiger partial charge in [-0.2, -0.15) is 0 Å². The van der Waals surface area contributed by atoms with Gasteiger partial charge in [-0.15, -0.1) is 0 Å². The average molecular weight is 604 g/mol. The molecule has 0 radical (unpaired) electrons. The maximum Gasteiger partial charge on any atom is 0.410 e. The predicted octanol–water partition coefficient (Wildman–Crippen LogP) is 5.06. The van der Waals surface area contributed by atoms with Gasteiger partial charge in [0, 0.05) is 35.9 Å². The van der Waals surface area contributed by atoms with Crippen LogP contribution in [-0.4, -0.2) is 67.4 Å². The highest BCUT2D eigenvalue weighted by Crippen LogP contribution is 2.18. The van der Waals surface area contributed by atoms with Gasteiger partial charge >= 0.3 is 24.0 Å². The van der Waals surface area contributed by atoms with Gasteiger partial charge in [0.05, 0.1) is 19.8 Å². The number of halogens is 2. The number of esters is 3. The molecule has 1 aromatic carbocycles. The van der Waals surface area contributed by atoms with Crippen molar-refractivity contribution in [2.75, 3.05) is 26.4 Å². The van der Waals surface area contributed by atoms with E-state index < -0.39 is 30.1 Å². The minimum absolute atomic E-state index is 0.0141. The first-order valence-corrected chi connectivity index (χ1v) is 13.6. The lowest BCUT2D eigenvalue weighted by Crippen LogP contribution is -2.46. The molecule has 40 heavy (non-hydrogen) atoms. The summed E-state index contributed by atoms with van der Waals surface area (Å²) >= 11 is 11.3. The molecule has 0 aliphatic carbocycles. The Morgan fingerprint density at radius 1 is 0.850 bits per heavy atom. The van der Waals surface area contributed by atoms with Crippen LogP contribution < -0.4 is 5.73 Å². The number of carbonyl (C=O) groups is 4. The average Bonchev–Trinajstić information content (AvgIpc) is 2.89. The lowest BCUT2D eigenvalue weighted by molar-refractivity contribution is -0.149. The molecule has 0 saturated heterocycles. The Morgan fingerprint density at radius 3 is 1.93 bits per heavy atom. The summed E-state index contributed by atoms with van der Waals surface area (Å²) in [6.07, 6.45) is -0.0215. The Morgan fingerprint density at radius 2 is 1.40 bits per heavy atom. The Balaban J connectivity index is 0.00000116. The molecule has 0 aromatic heterocycles. The zero-order valence-corrected chi connectivity index (χ0v) is 24.9. The van der Waals surface area contributed by atoms with Crippen LogP contribution in [0.5, 0.6) is 0 Å². The summed E-state index contributed by atoms with van der Waals surface area (Å²) in [6, 6.07) is 7.49. The number of amides is 1. The number of hydrogen-bond donors (Lipinski definition) is 1. The largest absolute Gasteiger partial charge is 0.466 e. The van der Waals surface area contributed by atoms with E-state index in [1.165, 1.54) is 4.90 Å². The zero-order valence-electron chi connectivity index (χ0n) is 23.4. The van der Waals surface area contributed by atoms with Gasteiger partial charge in [-0.25, -0.2) is 9.59 Å². The molecular weight excluding hydrogens is 563 g/mol. The van der Waals surface area contributed by atoms with E-state index >= 15 is 0 Å². The standard InChI is InChI=1S/C21H28ClNO6.C7H12ClNO2/c1-4-27-19(24)12-9-13-23(18(14-16(3)22)20(25)28-5-2)21(26)29-15-17-10-7-6-8-11-17;1-3-11-7(10)6(9)4-5(2)8/h6-8,10-11,18H,3-5,9,12-15H2,1-2H3;6H,2-4,9H2,1H3. The lowest BCUT2D eigenvalue weighted by atomic mass is 10.1. The van der Waals surface area contributed by atoms with Crippen molar-refractivity contribution in [2.24, 2.45) is 5.73 Å². The molecule has 10 nitrogen and oxygen atoms in total. The summed E-state index contributed by atoms with van der Waals surface area (Å²) in [7, 11) is 0. The topological polar surface area (TPSA) is 134 Å². The van der Waals surface area contributed by atoms with E-state index in [0.717, 1.165) is 5.56 Å². The molecule has 0 bridgehead atoms. The molecule has 0 saturated carbocycles. The van der Waals surface area contributed by atoms with Crippen LogP contribution in [0.25, 0.3) is 0 Å². The SMILES string of the molecule is C=C(Cl)CC(C(=O)OCC)N(CCCC(=O)OCC)C(=O)OCc1ccccc1.C=C(Cl)CC(N)C(=O)OCC. The van der Waals surface area contributed by atoms with Crippen LogP contribution in [0, 0.1) is 0 Å². The van der Waals surface area contributed by atoms with Crippen molar-refractivity contribution in [2.45, 2.75) is 65.1 Å². The first-order chi connectivity index (χ1) is 19.0. The van der Waals surface area contributed by atoms with Gasteiger partial charge in [0.1, 0.15) is 18.7 Å². The predicted molar refractivity (Wildman–Crippen MR) is 153 cm³/mol. The molecule has 0 aliphatic rings. The lowest BCUT2D eigenvalue weighted by Gasteiger charge is -2.29. The second-order valence-corrected chi connectivity index (χ2v) is 9.28. The number of benzene rings is 1. The summed E-state index contributed by atoms with van der Waals surface area (Å²) in [5.41, 5.74) is 6.19. The molecule has 12 heteroatoms. The first kappa shape index (κ1) is 36.9. The summed E-state index contributed by atoms with van der Waals surface area (Å²) < 4.78 is 20.0. The van der Waals surface area contributed by atoms with Gasteiger partial charge in [-0.3, -0.25) is 14.5 Å². The van der Waals surface area contributed by atoms with Crippen molar-refractivity contribution in [1.82, 2.24) is 4.90 Å². The molecular formula is C28H40Cl2N2O8. The number of nitrogens with two attached hydrogens (primary N) is 1. The molecule has 2 atom stereocenters. The number of hydrogen-bond acceptors (Lipinski definition) is 9. The Hall–Kier alpha value is -3.08. The third-order valence-electron chi connectivity index (χ3n) is 4.91. The maximum absolute atomic E-state index is 12.8. The third kappa shape index (κ3) is 16.8. The van der Waals surface area contributed by atoms with Crippen molar-refractivity contribution in [3.63, 3.8) is 0 Å². The monoisotopic (exact) mass is 602 g/mol. The van der Waals surface area contributed by atoms with E-state index in [-0.39, 0.29) is 56.6 Å². The van der Waals surface area contributed by atoms with Crippen LogP contribution in [0.3, 0.4) is 0 Å². The molecule has 1 amide bonds. The highest BCUT2D eigenvalue weighted by Gasteiger charge is 2.32. The molecule has 0 heterocycles. The molecule has 1 rings (SSSR count). The fourth-order valence-corrected chi connectivity index (χ4v) is 3.46. The van der Waals surface area contributed by atoms with Crippen LogP contribution in [0.1, 0.15) is 52.0 Å². The number of carbonyl (C=O) groups excluding carboxylic acids is 4. The summed E-state index contributed by atoms with van der Waals surface area (Å²) in [5, 5.41) is 0.569.